The standard InChI is InChI=1S/C12H15N3O4/c1-6-13-11-7(12(18)14-6)2-3-15(11)10-4-8(17)9(5-16)19-10/h2-3,8-10,16-17H,4-5H2,1H3,(H,13,14,18)/t8-,9?,10?/m1/s1. The highest BCUT2D eigenvalue weighted by Gasteiger charge is 2.35. The minimum Gasteiger partial charge on any atom is -0.394 e. The topological polar surface area (TPSA) is 100 Å². The molecule has 2 aromatic heterocycles. The average Bonchev–Trinajstić information content (AvgIpc) is 2.92. The monoisotopic (exact) mass is 265 g/mol. The van der Waals surface area contributed by atoms with Gasteiger partial charge in [0.2, 0.25) is 0 Å². The minimum absolute atomic E-state index is 0.196. The van der Waals surface area contributed by atoms with Crippen LogP contribution >= 0.6 is 0 Å². The van der Waals surface area contributed by atoms with Crippen molar-refractivity contribution in [1.82, 2.24) is 14.5 Å². The predicted molar refractivity (Wildman–Crippen MR) is 66.7 cm³/mol. The van der Waals surface area contributed by atoms with Crippen molar-refractivity contribution in [3.05, 3.63) is 28.4 Å². The van der Waals surface area contributed by atoms with Gasteiger partial charge < -0.3 is 24.5 Å². The molecule has 3 heterocycles. The number of hydrogen-bond acceptors (Lipinski definition) is 5. The van der Waals surface area contributed by atoms with Gasteiger partial charge in [-0.1, -0.05) is 0 Å². The maximum absolute atomic E-state index is 11.8. The summed E-state index contributed by atoms with van der Waals surface area (Å²) in [5.74, 6) is 0.523. The van der Waals surface area contributed by atoms with Crippen LogP contribution in [0.4, 0.5) is 0 Å². The lowest BCUT2D eigenvalue weighted by Crippen LogP contribution is -2.24. The number of aliphatic hydroxyl groups excluding tert-OH is 2. The number of nitrogens with zero attached hydrogens (tertiary/aromatic N) is 2. The third-order valence-corrected chi connectivity index (χ3v) is 3.39. The van der Waals surface area contributed by atoms with Gasteiger partial charge in [0.15, 0.2) is 0 Å². The first-order valence-corrected chi connectivity index (χ1v) is 6.12. The number of aliphatic hydroxyl groups is 2. The van der Waals surface area contributed by atoms with Crippen LogP contribution < -0.4 is 5.56 Å². The summed E-state index contributed by atoms with van der Waals surface area (Å²) in [6.07, 6.45) is 0.353. The molecule has 2 unspecified atom stereocenters. The van der Waals surface area contributed by atoms with Crippen LogP contribution in [0.25, 0.3) is 11.0 Å². The number of nitrogens with one attached hydrogen (secondary N) is 1. The predicted octanol–water partition coefficient (Wildman–Crippen LogP) is -0.326. The molecule has 3 rings (SSSR count). The Bertz CT molecular complexity index is 663. The molecule has 2 aromatic rings. The Labute approximate surface area is 108 Å². The van der Waals surface area contributed by atoms with Crippen LogP contribution in [0.1, 0.15) is 18.5 Å². The minimum atomic E-state index is -0.712. The van der Waals surface area contributed by atoms with Crippen molar-refractivity contribution < 1.29 is 14.9 Å². The van der Waals surface area contributed by atoms with Crippen molar-refractivity contribution in [2.45, 2.75) is 31.8 Å². The van der Waals surface area contributed by atoms with E-state index in [2.05, 4.69) is 9.97 Å². The first kappa shape index (κ1) is 12.3. The highest BCUT2D eigenvalue weighted by atomic mass is 16.5. The second-order valence-corrected chi connectivity index (χ2v) is 4.73. The zero-order valence-corrected chi connectivity index (χ0v) is 10.4. The van der Waals surface area contributed by atoms with E-state index in [4.69, 9.17) is 9.84 Å². The van der Waals surface area contributed by atoms with E-state index < -0.39 is 18.4 Å². The molecule has 0 radical (unpaired) electrons. The summed E-state index contributed by atoms with van der Waals surface area (Å²) >= 11 is 0. The smallest absolute Gasteiger partial charge is 0.260 e. The lowest BCUT2D eigenvalue weighted by atomic mass is 10.2. The molecule has 1 fully saturated rings. The molecule has 3 N–H and O–H groups in total. The Morgan fingerprint density at radius 2 is 2.42 bits per heavy atom. The molecule has 3 atom stereocenters. The van der Waals surface area contributed by atoms with Gasteiger partial charge in [0.1, 0.15) is 23.8 Å². The van der Waals surface area contributed by atoms with E-state index in [1.165, 1.54) is 0 Å². The van der Waals surface area contributed by atoms with E-state index in [-0.39, 0.29) is 12.2 Å². The van der Waals surface area contributed by atoms with Gasteiger partial charge >= 0.3 is 0 Å². The van der Waals surface area contributed by atoms with Crippen molar-refractivity contribution in [3.63, 3.8) is 0 Å². The van der Waals surface area contributed by atoms with E-state index in [1.807, 2.05) is 0 Å². The molecule has 0 amide bonds. The summed E-state index contributed by atoms with van der Waals surface area (Å²) in [6.45, 7) is 1.48. The van der Waals surface area contributed by atoms with Gasteiger partial charge in [-0.15, -0.1) is 0 Å². The van der Waals surface area contributed by atoms with Crippen LogP contribution in [-0.2, 0) is 4.74 Å². The molecule has 102 valence electrons. The third-order valence-electron chi connectivity index (χ3n) is 3.39. The quantitative estimate of drug-likeness (QED) is 0.690. The number of rotatable bonds is 2. The molecule has 0 bridgehead atoms. The van der Waals surface area contributed by atoms with E-state index in [0.717, 1.165) is 0 Å². The SMILES string of the molecule is Cc1nc2c(ccn2C2C[C@@H](O)C(CO)O2)c(=O)[nH]1. The molecule has 19 heavy (non-hydrogen) atoms. The number of aryl methyl sites for hydroxylation is 1. The van der Waals surface area contributed by atoms with Crippen molar-refractivity contribution in [3.8, 4) is 0 Å². The molecule has 7 heteroatoms. The second-order valence-electron chi connectivity index (χ2n) is 4.73. The van der Waals surface area contributed by atoms with Crippen LogP contribution in [-0.4, -0.2) is 43.6 Å². The summed E-state index contributed by atoms with van der Waals surface area (Å²) in [4.78, 5) is 18.7. The lowest BCUT2D eigenvalue weighted by Gasteiger charge is -2.14. The number of fused-ring (bicyclic) bond motifs is 1. The van der Waals surface area contributed by atoms with Crippen LogP contribution in [0, 0.1) is 6.92 Å². The van der Waals surface area contributed by atoms with Crippen molar-refractivity contribution in [1.29, 1.82) is 0 Å². The summed E-state index contributed by atoms with van der Waals surface area (Å²) in [6, 6.07) is 1.67. The van der Waals surface area contributed by atoms with Gasteiger partial charge in [-0.05, 0) is 13.0 Å². The molecule has 7 nitrogen and oxygen atoms in total. The first-order valence-electron chi connectivity index (χ1n) is 6.12. The largest absolute Gasteiger partial charge is 0.394 e. The van der Waals surface area contributed by atoms with Crippen LogP contribution in [0.2, 0.25) is 0 Å². The molecule has 0 saturated carbocycles. The number of ether oxygens (including phenoxy) is 1. The summed E-state index contributed by atoms with van der Waals surface area (Å²) in [5, 5.41) is 19.3. The maximum Gasteiger partial charge on any atom is 0.260 e. The van der Waals surface area contributed by atoms with Gasteiger partial charge in [0, 0.05) is 12.6 Å². The zero-order chi connectivity index (χ0) is 13.6. The van der Waals surface area contributed by atoms with Gasteiger partial charge in [0.05, 0.1) is 18.1 Å². The maximum atomic E-state index is 11.8. The first-order chi connectivity index (χ1) is 9.10. The average molecular weight is 265 g/mol. The fourth-order valence-electron chi connectivity index (χ4n) is 2.44. The van der Waals surface area contributed by atoms with Crippen molar-refractivity contribution in [2.24, 2.45) is 0 Å². The Morgan fingerprint density at radius 1 is 1.63 bits per heavy atom. The van der Waals surface area contributed by atoms with E-state index in [1.54, 1.807) is 23.8 Å². The molecular weight excluding hydrogens is 250 g/mol. The fraction of sp³-hybridized carbons (Fsp3) is 0.500. The molecular formula is C12H15N3O4. The Kier molecular flexibility index (Phi) is 2.89. The Balaban J connectivity index is 2.05. The molecule has 1 aliphatic heterocycles. The van der Waals surface area contributed by atoms with Gasteiger partial charge in [-0.3, -0.25) is 4.79 Å². The number of hydrogen-bond donors (Lipinski definition) is 3. The highest BCUT2D eigenvalue weighted by molar-refractivity contribution is 5.75. The fourth-order valence-corrected chi connectivity index (χ4v) is 2.44. The van der Waals surface area contributed by atoms with E-state index >= 15 is 0 Å². The highest BCUT2D eigenvalue weighted by Crippen LogP contribution is 2.30. The summed E-state index contributed by atoms with van der Waals surface area (Å²) < 4.78 is 7.28. The molecule has 0 spiro atoms. The van der Waals surface area contributed by atoms with Crippen LogP contribution in [0.5, 0.6) is 0 Å². The van der Waals surface area contributed by atoms with Gasteiger partial charge in [-0.2, -0.15) is 0 Å². The lowest BCUT2D eigenvalue weighted by molar-refractivity contribution is -0.0430. The number of H-pyrrole nitrogens is 1. The van der Waals surface area contributed by atoms with Crippen LogP contribution in [0.3, 0.4) is 0 Å². The summed E-state index contributed by atoms with van der Waals surface area (Å²) in [5.41, 5.74) is 0.329. The third kappa shape index (κ3) is 1.95. The number of aromatic amines is 1. The van der Waals surface area contributed by atoms with Crippen LogP contribution in [0.15, 0.2) is 17.1 Å². The van der Waals surface area contributed by atoms with Crippen molar-refractivity contribution in [2.75, 3.05) is 6.61 Å². The molecule has 1 saturated heterocycles. The molecule has 1 aliphatic rings. The Morgan fingerprint density at radius 3 is 3.11 bits per heavy atom. The van der Waals surface area contributed by atoms with E-state index in [9.17, 15) is 9.90 Å². The van der Waals surface area contributed by atoms with Gasteiger partial charge in [0.25, 0.3) is 5.56 Å². The molecule has 0 aliphatic carbocycles. The summed E-state index contributed by atoms with van der Waals surface area (Å²) in [7, 11) is 0. The normalized spacial score (nSPS) is 27.2. The van der Waals surface area contributed by atoms with Crippen molar-refractivity contribution >= 4 is 11.0 Å². The zero-order valence-electron chi connectivity index (χ0n) is 10.4. The number of aromatic nitrogens is 3. The Hall–Kier alpha value is -1.70. The molecule has 0 aromatic carbocycles. The van der Waals surface area contributed by atoms with Gasteiger partial charge in [-0.25, -0.2) is 4.98 Å². The van der Waals surface area contributed by atoms with E-state index in [0.29, 0.717) is 23.3 Å². The second kappa shape index (κ2) is 4.44.